The van der Waals surface area contributed by atoms with Gasteiger partial charge in [0.25, 0.3) is 0 Å². The van der Waals surface area contributed by atoms with E-state index in [4.69, 9.17) is 9.47 Å². The Balaban J connectivity index is 2.05. The number of rotatable bonds is 64. The van der Waals surface area contributed by atoms with Crippen LogP contribution in [-0.4, -0.2) is 87.5 Å². The topological polar surface area (TPSA) is 149 Å². The number of aliphatic hydroxyl groups is 5. The lowest BCUT2D eigenvalue weighted by Gasteiger charge is -2.40. The Labute approximate surface area is 502 Å². The van der Waals surface area contributed by atoms with Crippen LogP contribution in [0.1, 0.15) is 373 Å². The number of unbranched alkanes of at least 4 members (excludes halogenated alkanes) is 52. The molecule has 1 heterocycles. The van der Waals surface area contributed by atoms with Crippen molar-refractivity contribution in [3.05, 3.63) is 24.3 Å². The second kappa shape index (κ2) is 61.7. The van der Waals surface area contributed by atoms with Gasteiger partial charge in [0.1, 0.15) is 24.4 Å². The van der Waals surface area contributed by atoms with Crippen molar-refractivity contribution < 1.29 is 39.8 Å². The van der Waals surface area contributed by atoms with Crippen molar-refractivity contribution in [1.82, 2.24) is 5.32 Å². The number of amides is 1. The molecular formula is C72H139NO8. The summed E-state index contributed by atoms with van der Waals surface area (Å²) in [5.74, 6) is -0.169. The van der Waals surface area contributed by atoms with E-state index in [1.165, 1.54) is 315 Å². The Hall–Kier alpha value is -1.33. The SMILES string of the molecule is CCCCCCCCCCCCCCCCCCC/C=C/C(O)C(COC1OC(CO)C(O)C(O)C1O)NC(=O)CCCCCCCCCCCCCCCCCCC/C=C\CCCCCCCCCCCCCCCCCCCC. The first-order valence-corrected chi connectivity index (χ1v) is 36.1. The normalized spacial score (nSPS) is 18.4. The Kier molecular flexibility index (Phi) is 59.2. The molecule has 1 saturated heterocycles. The fraction of sp³-hybridized carbons (Fsp3) is 0.931. The summed E-state index contributed by atoms with van der Waals surface area (Å²) in [4.78, 5) is 13.1. The molecule has 1 rings (SSSR count). The number of carbonyl (C=O) groups is 1. The molecule has 480 valence electrons. The van der Waals surface area contributed by atoms with Crippen LogP contribution >= 0.6 is 0 Å². The van der Waals surface area contributed by atoms with Crippen LogP contribution in [0.25, 0.3) is 0 Å². The van der Waals surface area contributed by atoms with Crippen LogP contribution in [0.2, 0.25) is 0 Å². The second-order valence-corrected chi connectivity index (χ2v) is 25.4. The minimum Gasteiger partial charge on any atom is -0.394 e. The third kappa shape index (κ3) is 50.5. The maximum absolute atomic E-state index is 13.1. The van der Waals surface area contributed by atoms with Crippen LogP contribution in [0.5, 0.6) is 0 Å². The molecule has 0 saturated carbocycles. The number of hydrogen-bond donors (Lipinski definition) is 6. The van der Waals surface area contributed by atoms with E-state index in [1.54, 1.807) is 6.08 Å². The van der Waals surface area contributed by atoms with E-state index in [0.717, 1.165) is 38.5 Å². The smallest absolute Gasteiger partial charge is 0.220 e. The molecule has 6 N–H and O–H groups in total. The molecule has 9 nitrogen and oxygen atoms in total. The summed E-state index contributed by atoms with van der Waals surface area (Å²) >= 11 is 0. The average molecular weight is 1150 g/mol. The Morgan fingerprint density at radius 3 is 1.00 bits per heavy atom. The lowest BCUT2D eigenvalue weighted by molar-refractivity contribution is -0.302. The van der Waals surface area contributed by atoms with Crippen LogP contribution in [0.4, 0.5) is 0 Å². The summed E-state index contributed by atoms with van der Waals surface area (Å²) in [7, 11) is 0. The fourth-order valence-corrected chi connectivity index (χ4v) is 11.9. The summed E-state index contributed by atoms with van der Waals surface area (Å²) in [6, 6.07) is -0.803. The molecule has 1 fully saturated rings. The summed E-state index contributed by atoms with van der Waals surface area (Å²) in [5.41, 5.74) is 0. The van der Waals surface area contributed by atoms with E-state index in [-0.39, 0.29) is 12.5 Å². The van der Waals surface area contributed by atoms with Crippen molar-refractivity contribution in [3.8, 4) is 0 Å². The minimum absolute atomic E-state index is 0.169. The molecule has 1 aliphatic rings. The van der Waals surface area contributed by atoms with Crippen molar-refractivity contribution in [1.29, 1.82) is 0 Å². The van der Waals surface area contributed by atoms with E-state index >= 15 is 0 Å². The van der Waals surface area contributed by atoms with Gasteiger partial charge in [0.2, 0.25) is 5.91 Å². The minimum atomic E-state index is -1.57. The molecule has 1 aliphatic heterocycles. The van der Waals surface area contributed by atoms with Gasteiger partial charge in [-0.2, -0.15) is 0 Å². The molecule has 0 bridgehead atoms. The van der Waals surface area contributed by atoms with Crippen LogP contribution in [0, 0.1) is 0 Å². The van der Waals surface area contributed by atoms with E-state index in [0.29, 0.717) is 6.42 Å². The fourth-order valence-electron chi connectivity index (χ4n) is 11.9. The molecule has 81 heavy (non-hydrogen) atoms. The van der Waals surface area contributed by atoms with Crippen LogP contribution in [0.15, 0.2) is 24.3 Å². The van der Waals surface area contributed by atoms with Gasteiger partial charge in [-0.05, 0) is 44.9 Å². The van der Waals surface area contributed by atoms with Gasteiger partial charge in [-0.25, -0.2) is 0 Å². The lowest BCUT2D eigenvalue weighted by Crippen LogP contribution is -2.60. The molecule has 1 amide bonds. The maximum Gasteiger partial charge on any atom is 0.220 e. The van der Waals surface area contributed by atoms with Crippen molar-refractivity contribution in [2.24, 2.45) is 0 Å². The molecule has 9 heteroatoms. The first-order valence-electron chi connectivity index (χ1n) is 36.1. The van der Waals surface area contributed by atoms with Gasteiger partial charge >= 0.3 is 0 Å². The Morgan fingerprint density at radius 2 is 0.691 bits per heavy atom. The number of allylic oxidation sites excluding steroid dienone is 3. The van der Waals surface area contributed by atoms with Gasteiger partial charge in [-0.15, -0.1) is 0 Å². The number of hydrogen-bond acceptors (Lipinski definition) is 8. The molecule has 0 aliphatic carbocycles. The molecule has 7 unspecified atom stereocenters. The van der Waals surface area contributed by atoms with Gasteiger partial charge in [0.05, 0.1) is 25.4 Å². The zero-order chi connectivity index (χ0) is 58.6. The number of carbonyl (C=O) groups excluding carboxylic acids is 1. The van der Waals surface area contributed by atoms with Crippen LogP contribution < -0.4 is 5.32 Å². The van der Waals surface area contributed by atoms with Gasteiger partial charge < -0.3 is 40.3 Å². The van der Waals surface area contributed by atoms with Gasteiger partial charge in [-0.3, -0.25) is 4.79 Å². The van der Waals surface area contributed by atoms with Gasteiger partial charge in [-0.1, -0.05) is 346 Å². The first kappa shape index (κ1) is 77.7. The average Bonchev–Trinajstić information content (AvgIpc) is 3.51. The summed E-state index contributed by atoms with van der Waals surface area (Å²) in [6.07, 6.45) is 74.5. The molecule has 0 aromatic heterocycles. The Bertz CT molecular complexity index is 1330. The van der Waals surface area contributed by atoms with E-state index < -0.39 is 49.5 Å². The summed E-state index contributed by atoms with van der Waals surface area (Å²) in [6.45, 7) is 3.84. The van der Waals surface area contributed by atoms with E-state index in [1.807, 2.05) is 6.08 Å². The predicted octanol–water partition coefficient (Wildman–Crippen LogP) is 19.6. The zero-order valence-electron chi connectivity index (χ0n) is 53.8. The molecular weight excluding hydrogens is 1010 g/mol. The highest BCUT2D eigenvalue weighted by molar-refractivity contribution is 5.76. The number of ether oxygens (including phenoxy) is 2. The van der Waals surface area contributed by atoms with Gasteiger partial charge in [0, 0.05) is 6.42 Å². The highest BCUT2D eigenvalue weighted by Crippen LogP contribution is 2.24. The summed E-state index contributed by atoms with van der Waals surface area (Å²) < 4.78 is 11.3. The van der Waals surface area contributed by atoms with E-state index in [9.17, 15) is 30.3 Å². The number of nitrogens with one attached hydrogen (secondary N) is 1. The molecule has 0 spiro atoms. The van der Waals surface area contributed by atoms with Crippen LogP contribution in [-0.2, 0) is 14.3 Å². The highest BCUT2D eigenvalue weighted by atomic mass is 16.7. The van der Waals surface area contributed by atoms with Crippen molar-refractivity contribution in [2.75, 3.05) is 13.2 Å². The zero-order valence-corrected chi connectivity index (χ0v) is 53.8. The van der Waals surface area contributed by atoms with E-state index in [2.05, 4.69) is 31.3 Å². The Morgan fingerprint density at radius 1 is 0.407 bits per heavy atom. The quantitative estimate of drug-likeness (QED) is 0.0261. The maximum atomic E-state index is 13.1. The lowest BCUT2D eigenvalue weighted by atomic mass is 9.99. The van der Waals surface area contributed by atoms with Crippen LogP contribution in [0.3, 0.4) is 0 Å². The largest absolute Gasteiger partial charge is 0.394 e. The third-order valence-corrected chi connectivity index (χ3v) is 17.5. The second-order valence-electron chi connectivity index (χ2n) is 25.4. The predicted molar refractivity (Wildman–Crippen MR) is 346 cm³/mol. The molecule has 0 aromatic rings. The third-order valence-electron chi connectivity index (χ3n) is 17.5. The molecule has 0 aromatic carbocycles. The number of aliphatic hydroxyl groups excluding tert-OH is 5. The molecule has 0 radical (unpaired) electrons. The van der Waals surface area contributed by atoms with Crippen molar-refractivity contribution in [3.63, 3.8) is 0 Å². The monoisotopic (exact) mass is 1150 g/mol. The van der Waals surface area contributed by atoms with Crippen molar-refractivity contribution in [2.45, 2.75) is 416 Å². The van der Waals surface area contributed by atoms with Crippen molar-refractivity contribution >= 4 is 5.91 Å². The standard InChI is InChI=1S/C72H139NO8/c1-3-5-7-9-11-13-15-17-19-21-23-24-25-26-27-28-29-30-31-32-33-34-35-36-37-38-39-40-41-42-44-46-48-50-52-54-56-58-60-62-68(76)73-65(64-80-72-71(79)70(78)69(77)67(63-74)81-72)66(75)61-59-57-55-53-51-49-47-45-43-22-20-18-16-14-12-10-8-6-4-2/h32-33,59,61,65-67,69-72,74-75,77-79H,3-31,34-58,60,62-64H2,1-2H3,(H,73,76)/b33-32-,61-59+. The first-order chi connectivity index (χ1) is 39.8. The highest BCUT2D eigenvalue weighted by Gasteiger charge is 2.44. The van der Waals surface area contributed by atoms with Gasteiger partial charge in [0.15, 0.2) is 6.29 Å². The molecule has 7 atom stereocenters. The summed E-state index contributed by atoms with van der Waals surface area (Å²) in [5, 5.41) is 54.7.